The van der Waals surface area contributed by atoms with Crippen LogP contribution >= 0.6 is 0 Å². The number of pyridine rings is 1. The summed E-state index contributed by atoms with van der Waals surface area (Å²) >= 11 is 0. The van der Waals surface area contributed by atoms with E-state index in [0.29, 0.717) is 25.6 Å². The Kier molecular flexibility index (Phi) is 9.79. The van der Waals surface area contributed by atoms with Crippen LogP contribution in [0.2, 0.25) is 0 Å². The van der Waals surface area contributed by atoms with E-state index in [2.05, 4.69) is 36.1 Å². The maximum Gasteiger partial charge on any atom is 0.218 e. The number of hydrogen-bond acceptors (Lipinski definition) is 4. The number of aliphatic imine (C=N–C) groups is 1. The number of unbranched alkanes of at least 4 members (excludes halogenated alkanes) is 1. The number of nitrogens with zero attached hydrogens (tertiary/aromatic N) is 3. The van der Waals surface area contributed by atoms with E-state index < -0.39 is 0 Å². The van der Waals surface area contributed by atoms with Gasteiger partial charge in [0.25, 0.3) is 0 Å². The third-order valence-corrected chi connectivity index (χ3v) is 3.32. The second-order valence-corrected chi connectivity index (χ2v) is 5.25. The minimum Gasteiger partial charge on any atom is -0.475 e. The molecular weight excluding hydrogens is 292 g/mol. The molecule has 0 atom stereocenters. The topological polar surface area (TPSA) is 59.0 Å². The molecule has 0 aromatic carbocycles. The molecule has 6 heteroatoms. The molecule has 23 heavy (non-hydrogen) atoms. The van der Waals surface area contributed by atoms with Crippen LogP contribution in [0.3, 0.4) is 0 Å². The largest absolute Gasteiger partial charge is 0.475 e. The Hall–Kier alpha value is -1.82. The first-order valence-electron chi connectivity index (χ1n) is 8.28. The molecule has 1 aromatic rings. The van der Waals surface area contributed by atoms with E-state index in [1.807, 2.05) is 12.1 Å². The molecular formula is C17H30N4O2. The van der Waals surface area contributed by atoms with Gasteiger partial charge in [0.05, 0.1) is 13.2 Å². The minimum absolute atomic E-state index is 0.487. The smallest absolute Gasteiger partial charge is 0.218 e. The number of ether oxygens (including phenoxy) is 2. The zero-order valence-corrected chi connectivity index (χ0v) is 14.8. The summed E-state index contributed by atoms with van der Waals surface area (Å²) in [6.07, 6.45) is 4.05. The first kappa shape index (κ1) is 19.2. The highest BCUT2D eigenvalue weighted by Crippen LogP contribution is 2.15. The Bertz CT molecular complexity index is 466. The average Bonchev–Trinajstić information content (AvgIpc) is 2.57. The van der Waals surface area contributed by atoms with Gasteiger partial charge in [0.15, 0.2) is 5.96 Å². The molecule has 0 aliphatic carbocycles. The van der Waals surface area contributed by atoms with E-state index in [-0.39, 0.29) is 0 Å². The van der Waals surface area contributed by atoms with Gasteiger partial charge in [0.2, 0.25) is 5.88 Å². The lowest BCUT2D eigenvalue weighted by Crippen LogP contribution is -2.39. The Balaban J connectivity index is 2.74. The van der Waals surface area contributed by atoms with Crippen molar-refractivity contribution in [3.63, 3.8) is 0 Å². The SMILES string of the molecule is CCCCN(C)C(=NCc1cccnc1OCCOC)NCC. The van der Waals surface area contributed by atoms with E-state index in [0.717, 1.165) is 31.0 Å². The summed E-state index contributed by atoms with van der Waals surface area (Å²) in [5.41, 5.74) is 0.975. The van der Waals surface area contributed by atoms with Gasteiger partial charge < -0.3 is 19.7 Å². The van der Waals surface area contributed by atoms with Crippen LogP contribution < -0.4 is 10.1 Å². The molecule has 0 unspecified atom stereocenters. The molecule has 0 spiro atoms. The summed E-state index contributed by atoms with van der Waals surface area (Å²) in [7, 11) is 3.72. The van der Waals surface area contributed by atoms with E-state index in [9.17, 15) is 0 Å². The quantitative estimate of drug-likeness (QED) is 0.407. The lowest BCUT2D eigenvalue weighted by molar-refractivity contribution is 0.143. The van der Waals surface area contributed by atoms with Crippen molar-refractivity contribution in [2.75, 3.05) is 40.5 Å². The van der Waals surface area contributed by atoms with Crippen LogP contribution in [0, 0.1) is 0 Å². The van der Waals surface area contributed by atoms with E-state index >= 15 is 0 Å². The van der Waals surface area contributed by atoms with Crippen molar-refractivity contribution in [2.24, 2.45) is 4.99 Å². The van der Waals surface area contributed by atoms with Crippen LogP contribution in [0.1, 0.15) is 32.3 Å². The Labute approximate surface area is 139 Å². The maximum atomic E-state index is 5.66. The molecule has 0 bridgehead atoms. The summed E-state index contributed by atoms with van der Waals surface area (Å²) < 4.78 is 10.7. The number of methoxy groups -OCH3 is 1. The molecule has 0 saturated heterocycles. The number of aromatic nitrogens is 1. The first-order valence-corrected chi connectivity index (χ1v) is 8.28. The predicted molar refractivity (Wildman–Crippen MR) is 94.0 cm³/mol. The monoisotopic (exact) mass is 322 g/mol. The summed E-state index contributed by atoms with van der Waals surface area (Å²) in [4.78, 5) is 11.2. The Morgan fingerprint density at radius 1 is 1.35 bits per heavy atom. The van der Waals surface area contributed by atoms with Crippen molar-refractivity contribution in [3.05, 3.63) is 23.9 Å². The summed E-state index contributed by atoms with van der Waals surface area (Å²) in [6.45, 7) is 7.67. The molecule has 0 aliphatic heterocycles. The molecule has 1 N–H and O–H groups in total. The minimum atomic E-state index is 0.487. The van der Waals surface area contributed by atoms with Crippen LogP contribution in [0.5, 0.6) is 5.88 Å². The van der Waals surface area contributed by atoms with Gasteiger partial charge in [0.1, 0.15) is 6.61 Å². The molecule has 0 saturated carbocycles. The van der Waals surface area contributed by atoms with Crippen molar-refractivity contribution in [3.8, 4) is 5.88 Å². The van der Waals surface area contributed by atoms with Crippen molar-refractivity contribution < 1.29 is 9.47 Å². The van der Waals surface area contributed by atoms with Gasteiger partial charge in [0, 0.05) is 39.0 Å². The number of guanidine groups is 1. The van der Waals surface area contributed by atoms with Crippen LogP contribution in [-0.4, -0.2) is 56.3 Å². The second-order valence-electron chi connectivity index (χ2n) is 5.25. The van der Waals surface area contributed by atoms with Gasteiger partial charge >= 0.3 is 0 Å². The van der Waals surface area contributed by atoms with Crippen LogP contribution in [0.15, 0.2) is 23.3 Å². The molecule has 0 radical (unpaired) electrons. The molecule has 0 fully saturated rings. The molecule has 1 aromatic heterocycles. The fraction of sp³-hybridized carbons (Fsp3) is 0.647. The lowest BCUT2D eigenvalue weighted by atomic mass is 10.3. The lowest BCUT2D eigenvalue weighted by Gasteiger charge is -2.21. The zero-order valence-electron chi connectivity index (χ0n) is 14.8. The highest BCUT2D eigenvalue weighted by atomic mass is 16.5. The van der Waals surface area contributed by atoms with Crippen LogP contribution in [0.25, 0.3) is 0 Å². The van der Waals surface area contributed by atoms with E-state index in [1.165, 1.54) is 6.42 Å². The van der Waals surface area contributed by atoms with Crippen LogP contribution in [0.4, 0.5) is 0 Å². The maximum absolute atomic E-state index is 5.66. The van der Waals surface area contributed by atoms with Crippen LogP contribution in [-0.2, 0) is 11.3 Å². The summed E-state index contributed by atoms with van der Waals surface area (Å²) in [5, 5.41) is 3.33. The molecule has 6 nitrogen and oxygen atoms in total. The van der Waals surface area contributed by atoms with E-state index in [1.54, 1.807) is 13.3 Å². The third-order valence-electron chi connectivity index (χ3n) is 3.32. The number of hydrogen-bond donors (Lipinski definition) is 1. The predicted octanol–water partition coefficient (Wildman–Crippen LogP) is 2.30. The normalized spacial score (nSPS) is 11.4. The van der Waals surface area contributed by atoms with Crippen molar-refractivity contribution in [2.45, 2.75) is 33.2 Å². The zero-order chi connectivity index (χ0) is 16.9. The van der Waals surface area contributed by atoms with Crippen molar-refractivity contribution in [1.82, 2.24) is 15.2 Å². The molecule has 1 heterocycles. The highest BCUT2D eigenvalue weighted by molar-refractivity contribution is 5.79. The number of nitrogens with one attached hydrogen (secondary N) is 1. The van der Waals surface area contributed by atoms with E-state index in [4.69, 9.17) is 14.5 Å². The Morgan fingerprint density at radius 2 is 2.17 bits per heavy atom. The van der Waals surface area contributed by atoms with Gasteiger partial charge in [-0.2, -0.15) is 0 Å². The molecule has 130 valence electrons. The van der Waals surface area contributed by atoms with Gasteiger partial charge in [-0.25, -0.2) is 9.98 Å². The second kappa shape index (κ2) is 11.7. The van der Waals surface area contributed by atoms with Crippen molar-refractivity contribution >= 4 is 5.96 Å². The van der Waals surface area contributed by atoms with Gasteiger partial charge in [-0.15, -0.1) is 0 Å². The summed E-state index contributed by atoms with van der Waals surface area (Å²) in [6, 6.07) is 3.90. The van der Waals surface area contributed by atoms with Crippen molar-refractivity contribution in [1.29, 1.82) is 0 Å². The number of rotatable bonds is 10. The molecule has 0 aliphatic rings. The van der Waals surface area contributed by atoms with Gasteiger partial charge in [-0.3, -0.25) is 0 Å². The Morgan fingerprint density at radius 3 is 2.87 bits per heavy atom. The fourth-order valence-electron chi connectivity index (χ4n) is 2.03. The average molecular weight is 322 g/mol. The summed E-state index contributed by atoms with van der Waals surface area (Å²) in [5.74, 6) is 1.54. The first-order chi connectivity index (χ1) is 11.2. The standard InChI is InChI=1S/C17H30N4O2/c1-5-7-11-21(3)17(18-6-2)20-14-15-9-8-10-19-16(15)23-13-12-22-4/h8-10H,5-7,11-14H2,1-4H3,(H,18,20). The fourth-order valence-corrected chi connectivity index (χ4v) is 2.03. The van der Waals surface area contributed by atoms with Gasteiger partial charge in [-0.05, 0) is 19.4 Å². The molecule has 0 amide bonds. The third kappa shape index (κ3) is 7.32. The van der Waals surface area contributed by atoms with Gasteiger partial charge in [-0.1, -0.05) is 19.4 Å². The molecule has 1 rings (SSSR count). The highest BCUT2D eigenvalue weighted by Gasteiger charge is 2.07.